The molecule has 0 atom stereocenters. The van der Waals surface area contributed by atoms with Crippen LogP contribution in [0.5, 0.6) is 0 Å². The van der Waals surface area contributed by atoms with E-state index in [2.05, 4.69) is 15.3 Å². The van der Waals surface area contributed by atoms with E-state index in [1.807, 2.05) is 49.9 Å². The van der Waals surface area contributed by atoms with Crippen molar-refractivity contribution < 1.29 is 4.79 Å². The van der Waals surface area contributed by atoms with Gasteiger partial charge < -0.3 is 10.2 Å². The number of nitrogens with one attached hydrogen (secondary N) is 1. The molecule has 0 aliphatic carbocycles. The van der Waals surface area contributed by atoms with Gasteiger partial charge in [0.25, 0.3) is 0 Å². The third kappa shape index (κ3) is 3.04. The number of benzene rings is 1. The molecule has 106 valence electrons. The van der Waals surface area contributed by atoms with Crippen LogP contribution in [0.3, 0.4) is 0 Å². The summed E-state index contributed by atoms with van der Waals surface area (Å²) in [6, 6.07) is 7.77. The second-order valence-corrected chi connectivity index (χ2v) is 4.59. The average Bonchev–Trinajstić information content (AvgIpc) is 2.44. The Morgan fingerprint density at radius 1 is 1.20 bits per heavy atom. The van der Waals surface area contributed by atoms with E-state index in [1.165, 1.54) is 0 Å². The first-order valence-corrected chi connectivity index (χ1v) is 6.90. The Hall–Kier alpha value is -2.17. The molecular formula is C15H20N4O. The lowest BCUT2D eigenvalue weighted by Crippen LogP contribution is -2.38. The molecule has 5 heteroatoms. The number of carbonyl (C=O) groups is 1. The molecule has 0 bridgehead atoms. The smallest absolute Gasteiger partial charge is 0.239 e. The first-order valence-electron chi connectivity index (χ1n) is 6.90. The number of para-hydroxylation sites is 2. The highest BCUT2D eigenvalue weighted by Crippen LogP contribution is 2.19. The highest BCUT2D eigenvalue weighted by molar-refractivity contribution is 5.82. The highest BCUT2D eigenvalue weighted by atomic mass is 16.2. The van der Waals surface area contributed by atoms with Crippen molar-refractivity contribution in [2.24, 2.45) is 0 Å². The van der Waals surface area contributed by atoms with Crippen molar-refractivity contribution in [3.63, 3.8) is 0 Å². The number of aryl methyl sites for hydroxylation is 1. The van der Waals surface area contributed by atoms with Crippen LogP contribution < -0.4 is 10.2 Å². The van der Waals surface area contributed by atoms with Crippen LogP contribution in [0.4, 0.5) is 5.82 Å². The van der Waals surface area contributed by atoms with Gasteiger partial charge in [-0.25, -0.2) is 9.97 Å². The molecule has 1 heterocycles. The van der Waals surface area contributed by atoms with Gasteiger partial charge in [0.15, 0.2) is 5.82 Å². The molecule has 2 rings (SSSR count). The number of aromatic nitrogens is 2. The second-order valence-electron chi connectivity index (χ2n) is 4.59. The van der Waals surface area contributed by atoms with Crippen LogP contribution in [0.25, 0.3) is 11.0 Å². The second kappa shape index (κ2) is 6.32. The maximum Gasteiger partial charge on any atom is 0.239 e. The maximum atomic E-state index is 11.8. The molecule has 1 N–H and O–H groups in total. The van der Waals surface area contributed by atoms with E-state index < -0.39 is 0 Å². The molecule has 0 aliphatic heterocycles. The fraction of sp³-hybridized carbons (Fsp3) is 0.400. The third-order valence-corrected chi connectivity index (χ3v) is 3.11. The van der Waals surface area contributed by atoms with Gasteiger partial charge in [-0.15, -0.1) is 0 Å². The van der Waals surface area contributed by atoms with Crippen molar-refractivity contribution in [2.75, 3.05) is 24.5 Å². The van der Waals surface area contributed by atoms with E-state index in [9.17, 15) is 4.79 Å². The standard InChI is InChI=1S/C15H20N4O/c1-4-16-14(20)10-19(5-2)15-11(3)17-12-8-6-7-9-13(12)18-15/h6-9H,4-5,10H2,1-3H3,(H,16,20). The van der Waals surface area contributed by atoms with Crippen LogP contribution in [0.15, 0.2) is 24.3 Å². The topological polar surface area (TPSA) is 58.1 Å². The summed E-state index contributed by atoms with van der Waals surface area (Å²) in [7, 11) is 0. The molecule has 0 spiro atoms. The normalized spacial score (nSPS) is 10.6. The van der Waals surface area contributed by atoms with Gasteiger partial charge in [0, 0.05) is 13.1 Å². The minimum Gasteiger partial charge on any atom is -0.355 e. The number of hydrogen-bond donors (Lipinski definition) is 1. The van der Waals surface area contributed by atoms with E-state index in [0.29, 0.717) is 19.6 Å². The zero-order valence-corrected chi connectivity index (χ0v) is 12.2. The van der Waals surface area contributed by atoms with E-state index in [1.54, 1.807) is 0 Å². The Morgan fingerprint density at radius 3 is 2.45 bits per heavy atom. The monoisotopic (exact) mass is 272 g/mol. The average molecular weight is 272 g/mol. The number of amides is 1. The lowest BCUT2D eigenvalue weighted by molar-refractivity contribution is -0.119. The molecule has 0 unspecified atom stereocenters. The van der Waals surface area contributed by atoms with E-state index in [-0.39, 0.29) is 5.91 Å². The van der Waals surface area contributed by atoms with Crippen LogP contribution in [0.2, 0.25) is 0 Å². The number of rotatable bonds is 5. The SMILES string of the molecule is CCNC(=O)CN(CC)c1nc2ccccc2nc1C. The molecule has 1 aromatic heterocycles. The summed E-state index contributed by atoms with van der Waals surface area (Å²) in [6.07, 6.45) is 0. The van der Waals surface area contributed by atoms with Crippen molar-refractivity contribution >= 4 is 22.8 Å². The van der Waals surface area contributed by atoms with Gasteiger partial charge >= 0.3 is 0 Å². The molecule has 5 nitrogen and oxygen atoms in total. The molecular weight excluding hydrogens is 252 g/mol. The Kier molecular flexibility index (Phi) is 4.50. The molecule has 0 aliphatic rings. The molecule has 1 amide bonds. The predicted octanol–water partition coefficient (Wildman–Crippen LogP) is 1.90. The van der Waals surface area contributed by atoms with E-state index >= 15 is 0 Å². The summed E-state index contributed by atoms with van der Waals surface area (Å²) in [4.78, 5) is 22.9. The Morgan fingerprint density at radius 2 is 1.85 bits per heavy atom. The molecule has 0 radical (unpaired) electrons. The van der Waals surface area contributed by atoms with Crippen molar-refractivity contribution in [1.29, 1.82) is 0 Å². The maximum absolute atomic E-state index is 11.8. The van der Waals surface area contributed by atoms with Crippen LogP contribution in [-0.4, -0.2) is 35.5 Å². The lowest BCUT2D eigenvalue weighted by Gasteiger charge is -2.22. The predicted molar refractivity (Wildman–Crippen MR) is 80.8 cm³/mol. The minimum absolute atomic E-state index is 0.00343. The Labute approximate surface area is 119 Å². The Balaban J connectivity index is 2.33. The van der Waals surface area contributed by atoms with E-state index in [4.69, 9.17) is 0 Å². The largest absolute Gasteiger partial charge is 0.355 e. The first-order chi connectivity index (χ1) is 9.65. The number of fused-ring (bicyclic) bond motifs is 1. The van der Waals surface area contributed by atoms with Crippen molar-refractivity contribution in [1.82, 2.24) is 15.3 Å². The summed E-state index contributed by atoms with van der Waals surface area (Å²) < 4.78 is 0. The lowest BCUT2D eigenvalue weighted by atomic mass is 10.2. The van der Waals surface area contributed by atoms with Crippen LogP contribution in [0, 0.1) is 6.92 Å². The summed E-state index contributed by atoms with van der Waals surface area (Å²) in [5.74, 6) is 0.779. The number of hydrogen-bond acceptors (Lipinski definition) is 4. The van der Waals surface area contributed by atoms with E-state index in [0.717, 1.165) is 22.5 Å². The van der Waals surface area contributed by atoms with Crippen molar-refractivity contribution in [3.05, 3.63) is 30.0 Å². The van der Waals surface area contributed by atoms with Gasteiger partial charge in [-0.2, -0.15) is 0 Å². The molecule has 1 aromatic carbocycles. The minimum atomic E-state index is 0.00343. The van der Waals surface area contributed by atoms with Gasteiger partial charge in [0.1, 0.15) is 0 Å². The van der Waals surface area contributed by atoms with Gasteiger partial charge in [-0.1, -0.05) is 12.1 Å². The zero-order chi connectivity index (χ0) is 14.5. The zero-order valence-electron chi connectivity index (χ0n) is 12.2. The number of nitrogens with zero attached hydrogens (tertiary/aromatic N) is 3. The van der Waals surface area contributed by atoms with Crippen LogP contribution >= 0.6 is 0 Å². The highest BCUT2D eigenvalue weighted by Gasteiger charge is 2.14. The molecule has 2 aromatic rings. The third-order valence-electron chi connectivity index (χ3n) is 3.11. The molecule has 0 saturated carbocycles. The molecule has 0 saturated heterocycles. The first kappa shape index (κ1) is 14.2. The molecule has 20 heavy (non-hydrogen) atoms. The number of likely N-dealkylation sites (N-methyl/N-ethyl adjacent to an activating group) is 2. The van der Waals surface area contributed by atoms with Crippen LogP contribution in [0.1, 0.15) is 19.5 Å². The number of anilines is 1. The summed E-state index contributed by atoms with van der Waals surface area (Å²) in [5.41, 5.74) is 2.57. The summed E-state index contributed by atoms with van der Waals surface area (Å²) >= 11 is 0. The van der Waals surface area contributed by atoms with Crippen LogP contribution in [-0.2, 0) is 4.79 Å². The Bertz CT molecular complexity index is 612. The summed E-state index contributed by atoms with van der Waals surface area (Å²) in [5, 5.41) is 2.81. The van der Waals surface area contributed by atoms with Gasteiger partial charge in [0.05, 0.1) is 23.3 Å². The summed E-state index contributed by atoms with van der Waals surface area (Å²) in [6.45, 7) is 7.50. The van der Waals surface area contributed by atoms with Crippen molar-refractivity contribution in [2.45, 2.75) is 20.8 Å². The molecule has 0 fully saturated rings. The quantitative estimate of drug-likeness (QED) is 0.903. The van der Waals surface area contributed by atoms with Crippen molar-refractivity contribution in [3.8, 4) is 0 Å². The fourth-order valence-electron chi connectivity index (χ4n) is 2.14. The van der Waals surface area contributed by atoms with Gasteiger partial charge in [0.2, 0.25) is 5.91 Å². The number of carbonyl (C=O) groups excluding carboxylic acids is 1. The van der Waals surface area contributed by atoms with Gasteiger partial charge in [-0.3, -0.25) is 4.79 Å². The van der Waals surface area contributed by atoms with Gasteiger partial charge in [-0.05, 0) is 32.9 Å². The fourth-order valence-corrected chi connectivity index (χ4v) is 2.14.